The Morgan fingerprint density at radius 2 is 2.14 bits per heavy atom. The molecule has 0 aromatic carbocycles. The Morgan fingerprint density at radius 1 is 1.43 bits per heavy atom. The number of hydrogen-bond acceptors (Lipinski definition) is 5. The van der Waals surface area contributed by atoms with Gasteiger partial charge in [-0.2, -0.15) is 30.0 Å². The molecule has 21 heavy (non-hydrogen) atoms. The minimum absolute atomic E-state index is 0.108. The number of ether oxygens (including phenoxy) is 1. The molecule has 1 rings (SSSR count). The summed E-state index contributed by atoms with van der Waals surface area (Å²) in [5.74, 6) is 0.269. The van der Waals surface area contributed by atoms with Crippen molar-refractivity contribution in [2.75, 3.05) is 18.6 Å². The van der Waals surface area contributed by atoms with Crippen LogP contribution in [0.2, 0.25) is 0 Å². The van der Waals surface area contributed by atoms with Crippen molar-refractivity contribution in [1.82, 2.24) is 15.5 Å². The number of halogens is 3. The van der Waals surface area contributed by atoms with Gasteiger partial charge in [-0.1, -0.05) is 6.92 Å². The number of alkyl halides is 3. The van der Waals surface area contributed by atoms with Gasteiger partial charge in [-0.05, 0) is 12.3 Å². The number of thioether (sulfide) groups is 1. The van der Waals surface area contributed by atoms with Crippen LogP contribution < -0.4 is 10.1 Å². The Morgan fingerprint density at radius 3 is 2.67 bits per heavy atom. The molecule has 0 radical (unpaired) electrons. The van der Waals surface area contributed by atoms with Gasteiger partial charge in [-0.3, -0.25) is 4.79 Å². The monoisotopic (exact) mass is 323 g/mol. The Labute approximate surface area is 124 Å². The predicted molar refractivity (Wildman–Crippen MR) is 73.0 cm³/mol. The summed E-state index contributed by atoms with van der Waals surface area (Å²) < 4.78 is 40.3. The predicted octanol–water partition coefficient (Wildman–Crippen LogP) is 2.03. The van der Waals surface area contributed by atoms with Crippen LogP contribution >= 0.6 is 11.8 Å². The molecule has 1 N–H and O–H groups in total. The number of carbonyl (C=O) groups excluding carboxylic acids is 1. The Kier molecular flexibility index (Phi) is 6.73. The molecule has 0 aliphatic rings. The normalized spacial score (nSPS) is 12.8. The second-order valence-corrected chi connectivity index (χ2v) is 5.25. The van der Waals surface area contributed by atoms with Crippen LogP contribution in [0.4, 0.5) is 13.2 Å². The van der Waals surface area contributed by atoms with E-state index >= 15 is 0 Å². The summed E-state index contributed by atoms with van der Waals surface area (Å²) in [4.78, 5) is 11.7. The number of hydrogen-bond donors (Lipinski definition) is 1. The van der Waals surface area contributed by atoms with E-state index < -0.39 is 12.8 Å². The largest absolute Gasteiger partial charge is 0.467 e. The average Bonchev–Trinajstić information content (AvgIpc) is 2.43. The van der Waals surface area contributed by atoms with Gasteiger partial charge in [0.25, 0.3) is 0 Å². The maximum atomic E-state index is 11.9. The summed E-state index contributed by atoms with van der Waals surface area (Å²) >= 11 is 1.57. The minimum atomic E-state index is -4.41. The van der Waals surface area contributed by atoms with Gasteiger partial charge < -0.3 is 10.1 Å². The Hall–Kier alpha value is -1.51. The fourth-order valence-corrected chi connectivity index (χ4v) is 2.00. The lowest BCUT2D eigenvalue weighted by Gasteiger charge is -2.10. The van der Waals surface area contributed by atoms with Crippen LogP contribution in [-0.2, 0) is 11.3 Å². The fraction of sp³-hybridized carbons (Fsp3) is 0.583. The van der Waals surface area contributed by atoms with Gasteiger partial charge in [0.1, 0.15) is 0 Å². The molecule has 0 saturated carbocycles. The number of rotatable bonds is 7. The van der Waals surface area contributed by atoms with E-state index in [2.05, 4.69) is 20.3 Å². The van der Waals surface area contributed by atoms with E-state index in [1.165, 1.54) is 12.1 Å². The molecule has 0 fully saturated rings. The van der Waals surface area contributed by atoms with Crippen molar-refractivity contribution in [3.8, 4) is 5.88 Å². The third-order valence-electron chi connectivity index (χ3n) is 2.39. The molecule has 0 spiro atoms. The zero-order chi connectivity index (χ0) is 15.9. The summed E-state index contributed by atoms with van der Waals surface area (Å²) in [5, 5.41) is 9.89. The third-order valence-corrected chi connectivity index (χ3v) is 3.22. The van der Waals surface area contributed by atoms with Crippen LogP contribution in [0.1, 0.15) is 12.6 Å². The summed E-state index contributed by atoms with van der Waals surface area (Å²) in [7, 11) is 0. The van der Waals surface area contributed by atoms with E-state index in [0.717, 1.165) is 0 Å². The van der Waals surface area contributed by atoms with Gasteiger partial charge in [0.15, 0.2) is 6.61 Å². The Balaban J connectivity index is 2.42. The second kappa shape index (κ2) is 8.06. The van der Waals surface area contributed by atoms with Crippen molar-refractivity contribution in [1.29, 1.82) is 0 Å². The molecule has 1 aromatic heterocycles. The van der Waals surface area contributed by atoms with Gasteiger partial charge in [-0.15, -0.1) is 5.10 Å². The van der Waals surface area contributed by atoms with Crippen molar-refractivity contribution < 1.29 is 22.7 Å². The van der Waals surface area contributed by atoms with E-state index in [-0.39, 0.29) is 24.2 Å². The molecule has 1 heterocycles. The maximum Gasteiger partial charge on any atom is 0.422 e. The first kappa shape index (κ1) is 17.5. The zero-order valence-corrected chi connectivity index (χ0v) is 12.4. The standard InChI is InChI=1S/C12H16F3N3O2S/c1-8(6-21-2)11(19)16-5-9-3-4-10(18-17-9)20-7-12(13,14)15/h3-4,8H,5-7H2,1-2H3,(H,16,19). The highest BCUT2D eigenvalue weighted by Crippen LogP contribution is 2.16. The number of carbonyl (C=O) groups is 1. The minimum Gasteiger partial charge on any atom is -0.467 e. The molecule has 9 heteroatoms. The molecule has 1 amide bonds. The molecule has 0 aliphatic carbocycles. The third kappa shape index (κ3) is 7.16. The number of aromatic nitrogens is 2. The molecule has 0 aliphatic heterocycles. The van der Waals surface area contributed by atoms with E-state index in [0.29, 0.717) is 11.4 Å². The summed E-state index contributed by atoms with van der Waals surface area (Å²) in [5.41, 5.74) is 0.444. The van der Waals surface area contributed by atoms with Gasteiger partial charge >= 0.3 is 6.18 Å². The van der Waals surface area contributed by atoms with Crippen molar-refractivity contribution in [3.05, 3.63) is 17.8 Å². The number of nitrogens with one attached hydrogen (secondary N) is 1. The quantitative estimate of drug-likeness (QED) is 0.832. The van der Waals surface area contributed by atoms with Gasteiger partial charge in [0.05, 0.1) is 12.2 Å². The number of amides is 1. The van der Waals surface area contributed by atoms with E-state index in [1.807, 2.05) is 13.2 Å². The van der Waals surface area contributed by atoms with Crippen molar-refractivity contribution in [2.24, 2.45) is 5.92 Å². The average molecular weight is 323 g/mol. The lowest BCUT2D eigenvalue weighted by molar-refractivity contribution is -0.154. The highest BCUT2D eigenvalue weighted by Gasteiger charge is 2.28. The van der Waals surface area contributed by atoms with Gasteiger partial charge in [0, 0.05) is 17.7 Å². The lowest BCUT2D eigenvalue weighted by atomic mass is 10.2. The highest BCUT2D eigenvalue weighted by atomic mass is 32.2. The van der Waals surface area contributed by atoms with E-state index in [4.69, 9.17) is 0 Å². The van der Waals surface area contributed by atoms with Gasteiger partial charge in [0.2, 0.25) is 11.8 Å². The molecule has 118 valence electrons. The molecule has 0 saturated heterocycles. The molecule has 1 unspecified atom stereocenters. The summed E-state index contributed by atoms with van der Waals surface area (Å²) in [6.45, 7) is 0.569. The van der Waals surface area contributed by atoms with Crippen LogP contribution in [0.5, 0.6) is 5.88 Å². The summed E-state index contributed by atoms with van der Waals surface area (Å²) in [6.07, 6.45) is -2.50. The molecule has 1 aromatic rings. The smallest absolute Gasteiger partial charge is 0.422 e. The lowest BCUT2D eigenvalue weighted by Crippen LogP contribution is -2.30. The molecule has 1 atom stereocenters. The van der Waals surface area contributed by atoms with Crippen LogP contribution in [0.3, 0.4) is 0 Å². The van der Waals surface area contributed by atoms with Crippen LogP contribution in [0.15, 0.2) is 12.1 Å². The van der Waals surface area contributed by atoms with Crippen molar-refractivity contribution in [3.63, 3.8) is 0 Å². The molecule has 5 nitrogen and oxygen atoms in total. The van der Waals surface area contributed by atoms with Crippen LogP contribution in [-0.4, -0.2) is 40.9 Å². The van der Waals surface area contributed by atoms with Gasteiger partial charge in [-0.25, -0.2) is 0 Å². The van der Waals surface area contributed by atoms with Crippen molar-refractivity contribution in [2.45, 2.75) is 19.6 Å². The maximum absolute atomic E-state index is 11.9. The van der Waals surface area contributed by atoms with Crippen LogP contribution in [0, 0.1) is 5.92 Å². The summed E-state index contributed by atoms with van der Waals surface area (Å²) in [6, 6.07) is 2.74. The molecule has 0 bridgehead atoms. The zero-order valence-electron chi connectivity index (χ0n) is 11.6. The highest BCUT2D eigenvalue weighted by molar-refractivity contribution is 7.98. The van der Waals surface area contributed by atoms with E-state index in [9.17, 15) is 18.0 Å². The molecular formula is C12H16F3N3O2S. The van der Waals surface area contributed by atoms with E-state index in [1.54, 1.807) is 11.8 Å². The molecular weight excluding hydrogens is 307 g/mol. The fourth-order valence-electron chi connectivity index (χ4n) is 1.35. The Bertz CT molecular complexity index is 454. The second-order valence-electron chi connectivity index (χ2n) is 4.34. The first-order valence-electron chi connectivity index (χ1n) is 6.10. The number of nitrogens with zero attached hydrogens (tertiary/aromatic N) is 2. The van der Waals surface area contributed by atoms with Crippen molar-refractivity contribution >= 4 is 17.7 Å². The first-order chi connectivity index (χ1) is 9.81. The SMILES string of the molecule is CSCC(C)C(=O)NCc1ccc(OCC(F)(F)F)nn1. The first-order valence-corrected chi connectivity index (χ1v) is 7.50. The topological polar surface area (TPSA) is 64.1 Å². The van der Waals surface area contributed by atoms with Crippen LogP contribution in [0.25, 0.3) is 0 Å².